The van der Waals surface area contributed by atoms with E-state index >= 15 is 0 Å². The Morgan fingerprint density at radius 1 is 1.33 bits per heavy atom. The lowest BCUT2D eigenvalue weighted by molar-refractivity contribution is -0.117. The molecule has 0 radical (unpaired) electrons. The van der Waals surface area contributed by atoms with E-state index in [9.17, 15) is 13.2 Å². The minimum Gasteiger partial charge on any atom is -0.326 e. The van der Waals surface area contributed by atoms with Gasteiger partial charge in [-0.15, -0.1) is 0 Å². The van der Waals surface area contributed by atoms with Gasteiger partial charge in [-0.2, -0.15) is 4.31 Å². The summed E-state index contributed by atoms with van der Waals surface area (Å²) in [6, 6.07) is 5.09. The maximum atomic E-state index is 12.8. The van der Waals surface area contributed by atoms with Crippen LogP contribution in [0.1, 0.15) is 45.6 Å². The fourth-order valence-electron chi connectivity index (χ4n) is 3.69. The van der Waals surface area contributed by atoms with Gasteiger partial charge in [-0.3, -0.25) is 4.79 Å². The molecule has 2 N–H and O–H groups in total. The molecule has 1 fully saturated rings. The van der Waals surface area contributed by atoms with E-state index in [1.54, 1.807) is 25.1 Å². The molecule has 1 aromatic carbocycles. The summed E-state index contributed by atoms with van der Waals surface area (Å²) in [6.45, 7) is 10.4. The second-order valence-corrected chi connectivity index (χ2v) is 9.31. The molecule has 0 aromatic heterocycles. The van der Waals surface area contributed by atoms with Crippen LogP contribution < -0.4 is 10.6 Å². The third-order valence-electron chi connectivity index (χ3n) is 5.44. The molecule has 1 aromatic rings. The number of nitrogens with one attached hydrogen (secondary N) is 2. The second-order valence-electron chi connectivity index (χ2n) is 7.41. The quantitative estimate of drug-likeness (QED) is 0.709. The summed E-state index contributed by atoms with van der Waals surface area (Å²) in [5, 5.41) is 6.27. The van der Waals surface area contributed by atoms with Crippen LogP contribution in [0.25, 0.3) is 0 Å². The molecular weight excluding hydrogens is 362 g/mol. The molecule has 2 rings (SSSR count). The predicted molar refractivity (Wildman–Crippen MR) is 109 cm³/mol. The molecule has 0 saturated carbocycles. The average Bonchev–Trinajstić information content (AvgIpc) is 2.64. The van der Waals surface area contributed by atoms with Crippen LogP contribution in [0.3, 0.4) is 0 Å². The Hall–Kier alpha value is -1.44. The van der Waals surface area contributed by atoms with Gasteiger partial charge in [-0.25, -0.2) is 8.42 Å². The predicted octanol–water partition coefficient (Wildman–Crippen LogP) is 2.99. The van der Waals surface area contributed by atoms with Crippen molar-refractivity contribution in [3.05, 3.63) is 23.8 Å². The molecule has 2 unspecified atom stereocenters. The van der Waals surface area contributed by atoms with E-state index in [2.05, 4.69) is 17.6 Å². The molecule has 0 spiro atoms. The van der Waals surface area contributed by atoms with Crippen LogP contribution >= 0.6 is 0 Å². The van der Waals surface area contributed by atoms with Crippen LogP contribution in [0.15, 0.2) is 23.1 Å². The summed E-state index contributed by atoms with van der Waals surface area (Å²) in [6.07, 6.45) is 2.75. The highest BCUT2D eigenvalue weighted by Crippen LogP contribution is 2.25. The van der Waals surface area contributed by atoms with Gasteiger partial charge in [-0.05, 0) is 62.4 Å². The summed E-state index contributed by atoms with van der Waals surface area (Å²) in [5.74, 6) is 0.742. The first-order chi connectivity index (χ1) is 12.8. The maximum absolute atomic E-state index is 12.8. The number of piperidine rings is 1. The molecule has 2 atom stereocenters. The molecule has 1 aliphatic rings. The number of sulfonamides is 1. The van der Waals surface area contributed by atoms with E-state index in [-0.39, 0.29) is 10.8 Å². The Kier molecular flexibility index (Phi) is 7.82. The van der Waals surface area contributed by atoms with Gasteiger partial charge in [0, 0.05) is 25.2 Å². The number of rotatable bonds is 8. The summed E-state index contributed by atoms with van der Waals surface area (Å²) < 4.78 is 27.1. The first-order valence-electron chi connectivity index (χ1n) is 9.90. The van der Waals surface area contributed by atoms with E-state index in [0.29, 0.717) is 42.6 Å². The van der Waals surface area contributed by atoms with Crippen molar-refractivity contribution in [3.63, 3.8) is 0 Å². The normalized spacial score (nSPS) is 19.1. The molecule has 1 aliphatic heterocycles. The number of anilines is 1. The van der Waals surface area contributed by atoms with Gasteiger partial charge >= 0.3 is 0 Å². The van der Waals surface area contributed by atoms with Gasteiger partial charge in [0.1, 0.15) is 0 Å². The van der Waals surface area contributed by atoms with Crippen molar-refractivity contribution in [2.75, 3.05) is 31.5 Å². The second kappa shape index (κ2) is 9.66. The number of nitrogens with zero attached hydrogens (tertiary/aromatic N) is 1. The highest BCUT2D eigenvalue weighted by atomic mass is 32.2. The van der Waals surface area contributed by atoms with Crippen molar-refractivity contribution in [1.82, 2.24) is 9.62 Å². The smallest absolute Gasteiger partial charge is 0.243 e. The summed E-state index contributed by atoms with van der Waals surface area (Å²) in [4.78, 5) is 12.7. The molecule has 1 amide bonds. The van der Waals surface area contributed by atoms with Crippen LogP contribution in [0.2, 0.25) is 0 Å². The molecular formula is C20H33N3O3S. The third-order valence-corrected chi connectivity index (χ3v) is 7.63. The Morgan fingerprint density at radius 3 is 2.63 bits per heavy atom. The number of carbonyl (C=O) groups excluding carboxylic acids is 1. The van der Waals surface area contributed by atoms with Crippen LogP contribution in [0, 0.1) is 18.8 Å². The van der Waals surface area contributed by atoms with Crippen molar-refractivity contribution in [2.24, 2.45) is 11.8 Å². The van der Waals surface area contributed by atoms with Crippen molar-refractivity contribution >= 4 is 21.6 Å². The zero-order valence-electron chi connectivity index (χ0n) is 16.9. The molecule has 27 heavy (non-hydrogen) atoms. The number of hydrogen-bond donors (Lipinski definition) is 2. The third kappa shape index (κ3) is 5.53. The van der Waals surface area contributed by atoms with Crippen LogP contribution in [-0.4, -0.2) is 44.8 Å². The lowest BCUT2D eigenvalue weighted by Gasteiger charge is -2.28. The first-order valence-corrected chi connectivity index (χ1v) is 11.3. The summed E-state index contributed by atoms with van der Waals surface area (Å²) in [7, 11) is -3.56. The molecule has 1 saturated heterocycles. The SMILES string of the molecule is CCN(CC)S(=O)(=O)c1cc(NC(=O)CC(C)C2CCCNC2)ccc1C. The number of benzene rings is 1. The fraction of sp³-hybridized carbons (Fsp3) is 0.650. The Labute approximate surface area is 163 Å². The van der Waals surface area contributed by atoms with Crippen molar-refractivity contribution in [2.45, 2.75) is 51.9 Å². The van der Waals surface area contributed by atoms with Gasteiger partial charge in [0.2, 0.25) is 15.9 Å². The summed E-state index contributed by atoms with van der Waals surface area (Å²) >= 11 is 0. The maximum Gasteiger partial charge on any atom is 0.243 e. The van der Waals surface area contributed by atoms with E-state index in [0.717, 1.165) is 25.9 Å². The molecule has 0 aliphatic carbocycles. The van der Waals surface area contributed by atoms with Crippen LogP contribution in [0.4, 0.5) is 5.69 Å². The highest BCUT2D eigenvalue weighted by molar-refractivity contribution is 7.89. The molecule has 1 heterocycles. The van der Waals surface area contributed by atoms with E-state index in [1.807, 2.05) is 13.8 Å². The van der Waals surface area contributed by atoms with Crippen molar-refractivity contribution < 1.29 is 13.2 Å². The average molecular weight is 396 g/mol. The van der Waals surface area contributed by atoms with Crippen molar-refractivity contribution in [3.8, 4) is 0 Å². The lowest BCUT2D eigenvalue weighted by Crippen LogP contribution is -2.34. The number of carbonyl (C=O) groups is 1. The van der Waals surface area contributed by atoms with Gasteiger partial charge in [-0.1, -0.05) is 26.8 Å². The number of aryl methyl sites for hydroxylation is 1. The topological polar surface area (TPSA) is 78.5 Å². The monoisotopic (exact) mass is 395 g/mol. The molecule has 152 valence electrons. The van der Waals surface area contributed by atoms with Gasteiger partial charge in [0.15, 0.2) is 0 Å². The number of amides is 1. The van der Waals surface area contributed by atoms with E-state index in [4.69, 9.17) is 0 Å². The molecule has 0 bridgehead atoms. The molecule has 7 heteroatoms. The standard InChI is InChI=1S/C20H33N3O3S/c1-5-23(6-2)27(25,26)19-13-18(10-9-15(19)3)22-20(24)12-16(4)17-8-7-11-21-14-17/h9-10,13,16-17,21H,5-8,11-12,14H2,1-4H3,(H,22,24). The minimum atomic E-state index is -3.56. The van der Waals surface area contributed by atoms with E-state index in [1.165, 1.54) is 4.31 Å². The van der Waals surface area contributed by atoms with Crippen LogP contribution in [0.5, 0.6) is 0 Å². The fourth-order valence-corrected chi connectivity index (χ4v) is 5.40. The Morgan fingerprint density at radius 2 is 2.04 bits per heavy atom. The minimum absolute atomic E-state index is 0.0666. The Balaban J connectivity index is 2.10. The Bertz CT molecular complexity index is 739. The largest absolute Gasteiger partial charge is 0.326 e. The summed E-state index contributed by atoms with van der Waals surface area (Å²) in [5.41, 5.74) is 1.21. The van der Waals surface area contributed by atoms with Crippen molar-refractivity contribution in [1.29, 1.82) is 0 Å². The number of hydrogen-bond acceptors (Lipinski definition) is 4. The first kappa shape index (κ1) is 21.9. The molecule has 6 nitrogen and oxygen atoms in total. The zero-order chi connectivity index (χ0) is 20.0. The van der Waals surface area contributed by atoms with Gasteiger partial charge in [0.05, 0.1) is 4.90 Å². The van der Waals surface area contributed by atoms with Gasteiger partial charge < -0.3 is 10.6 Å². The van der Waals surface area contributed by atoms with Crippen LogP contribution in [-0.2, 0) is 14.8 Å². The zero-order valence-corrected chi connectivity index (χ0v) is 17.7. The lowest BCUT2D eigenvalue weighted by atomic mass is 9.85. The van der Waals surface area contributed by atoms with E-state index < -0.39 is 10.0 Å². The highest BCUT2D eigenvalue weighted by Gasteiger charge is 2.25. The van der Waals surface area contributed by atoms with Gasteiger partial charge in [0.25, 0.3) is 0 Å².